The minimum Gasteiger partial charge on any atom is -0.325 e. The third kappa shape index (κ3) is 4.30. The number of nitrogens with one attached hydrogen (secondary N) is 2. The van der Waals surface area contributed by atoms with Gasteiger partial charge in [-0.3, -0.25) is 9.69 Å². The lowest BCUT2D eigenvalue weighted by Gasteiger charge is -2.26. The summed E-state index contributed by atoms with van der Waals surface area (Å²) < 4.78 is 0. The van der Waals surface area contributed by atoms with Gasteiger partial charge in [0.15, 0.2) is 0 Å². The van der Waals surface area contributed by atoms with Gasteiger partial charge in [0.25, 0.3) is 0 Å². The van der Waals surface area contributed by atoms with Crippen molar-refractivity contribution >= 4 is 22.9 Å². The number of thiazole rings is 1. The summed E-state index contributed by atoms with van der Waals surface area (Å²) in [5.74, 6) is 0.699. The molecule has 2 atom stereocenters. The minimum absolute atomic E-state index is 0.0656. The van der Waals surface area contributed by atoms with Crippen LogP contribution in [0.4, 0.5) is 5.69 Å². The lowest BCUT2D eigenvalue weighted by atomic mass is 10.1. The van der Waals surface area contributed by atoms with E-state index in [1.165, 1.54) is 0 Å². The molecule has 2 aromatic heterocycles. The molecule has 0 bridgehead atoms. The van der Waals surface area contributed by atoms with Crippen molar-refractivity contribution in [3.05, 3.63) is 40.8 Å². The zero-order valence-electron chi connectivity index (χ0n) is 14.9. The van der Waals surface area contributed by atoms with E-state index in [0.29, 0.717) is 11.5 Å². The maximum atomic E-state index is 12.6. The van der Waals surface area contributed by atoms with Crippen LogP contribution >= 0.6 is 11.3 Å². The summed E-state index contributed by atoms with van der Waals surface area (Å²) in [6.45, 7) is 4.77. The van der Waals surface area contributed by atoms with Crippen molar-refractivity contribution in [2.24, 2.45) is 0 Å². The average Bonchev–Trinajstić information content (AvgIpc) is 3.34. The highest BCUT2D eigenvalue weighted by Gasteiger charge is 2.21. The SMILES string of the molecule is CC(CN(C)C(C)C(=O)Nc1cccc(-c2nn[nH]n2)c1)c1nccs1. The molecule has 0 aliphatic heterocycles. The monoisotopic (exact) mass is 371 g/mol. The molecule has 8 nitrogen and oxygen atoms in total. The van der Waals surface area contributed by atoms with Crippen LogP contribution in [0.2, 0.25) is 0 Å². The molecule has 0 saturated carbocycles. The molecule has 0 saturated heterocycles. The highest BCUT2D eigenvalue weighted by atomic mass is 32.1. The molecule has 1 aromatic carbocycles. The van der Waals surface area contributed by atoms with E-state index in [-0.39, 0.29) is 17.9 Å². The maximum absolute atomic E-state index is 12.6. The number of nitrogens with zero attached hydrogens (tertiary/aromatic N) is 5. The Balaban J connectivity index is 1.61. The van der Waals surface area contributed by atoms with E-state index in [0.717, 1.165) is 17.1 Å². The van der Waals surface area contributed by atoms with Crippen molar-refractivity contribution in [1.82, 2.24) is 30.5 Å². The van der Waals surface area contributed by atoms with Gasteiger partial charge in [-0.2, -0.15) is 5.21 Å². The van der Waals surface area contributed by atoms with Crippen LogP contribution < -0.4 is 5.32 Å². The Bertz CT molecular complexity index is 835. The molecule has 2 unspecified atom stereocenters. The van der Waals surface area contributed by atoms with Gasteiger partial charge < -0.3 is 5.32 Å². The zero-order valence-corrected chi connectivity index (χ0v) is 15.7. The Kier molecular flexibility index (Phi) is 5.69. The van der Waals surface area contributed by atoms with E-state index in [2.05, 4.69) is 37.8 Å². The van der Waals surface area contributed by atoms with E-state index in [9.17, 15) is 4.79 Å². The van der Waals surface area contributed by atoms with Crippen LogP contribution in [0.25, 0.3) is 11.4 Å². The number of hydrogen-bond donors (Lipinski definition) is 2. The van der Waals surface area contributed by atoms with Crippen molar-refractivity contribution in [3.63, 3.8) is 0 Å². The van der Waals surface area contributed by atoms with Crippen molar-refractivity contribution in [3.8, 4) is 11.4 Å². The molecule has 3 rings (SSSR count). The Morgan fingerprint density at radius 3 is 2.92 bits per heavy atom. The lowest BCUT2D eigenvalue weighted by molar-refractivity contribution is -0.120. The smallest absolute Gasteiger partial charge is 0.241 e. The number of aromatic nitrogens is 5. The fourth-order valence-corrected chi connectivity index (χ4v) is 3.30. The topological polar surface area (TPSA) is 99.7 Å². The number of amides is 1. The summed E-state index contributed by atoms with van der Waals surface area (Å²) in [5.41, 5.74) is 1.49. The molecule has 0 radical (unpaired) electrons. The summed E-state index contributed by atoms with van der Waals surface area (Å²) in [5, 5.41) is 19.9. The second kappa shape index (κ2) is 8.15. The molecule has 0 fully saturated rings. The molecule has 2 heterocycles. The van der Waals surface area contributed by atoms with Crippen LogP contribution in [0.5, 0.6) is 0 Å². The molecule has 9 heteroatoms. The predicted molar refractivity (Wildman–Crippen MR) is 101 cm³/mol. The number of aromatic amines is 1. The number of carbonyl (C=O) groups excluding carboxylic acids is 1. The third-order valence-corrected chi connectivity index (χ3v) is 5.22. The lowest BCUT2D eigenvalue weighted by Crippen LogP contribution is -2.41. The zero-order chi connectivity index (χ0) is 18.5. The van der Waals surface area contributed by atoms with Crippen LogP contribution in [0, 0.1) is 0 Å². The standard InChI is InChI=1S/C17H21N7OS/c1-11(17-18-7-8-26-17)10-24(3)12(2)16(25)19-14-6-4-5-13(9-14)15-20-22-23-21-15/h4-9,11-12H,10H2,1-3H3,(H,19,25)(H,20,21,22,23). The quantitative estimate of drug-likeness (QED) is 0.661. The predicted octanol–water partition coefficient (Wildman–Crippen LogP) is 2.39. The highest BCUT2D eigenvalue weighted by molar-refractivity contribution is 7.09. The Labute approximate surface area is 155 Å². The van der Waals surface area contributed by atoms with Gasteiger partial charge in [0.2, 0.25) is 11.7 Å². The highest BCUT2D eigenvalue weighted by Crippen LogP contribution is 2.21. The first kappa shape index (κ1) is 18.2. The average molecular weight is 371 g/mol. The van der Waals surface area contributed by atoms with Gasteiger partial charge in [0.05, 0.1) is 11.0 Å². The van der Waals surface area contributed by atoms with E-state index in [4.69, 9.17) is 0 Å². The van der Waals surface area contributed by atoms with Gasteiger partial charge in [0, 0.05) is 35.3 Å². The Hall–Kier alpha value is -2.65. The minimum atomic E-state index is -0.272. The van der Waals surface area contributed by atoms with Crippen molar-refractivity contribution in [2.45, 2.75) is 25.8 Å². The molecule has 26 heavy (non-hydrogen) atoms. The number of carbonyl (C=O) groups is 1. The number of benzene rings is 1. The molecular weight excluding hydrogens is 350 g/mol. The van der Waals surface area contributed by atoms with Crippen LogP contribution in [-0.2, 0) is 4.79 Å². The van der Waals surface area contributed by atoms with E-state index < -0.39 is 0 Å². The van der Waals surface area contributed by atoms with Crippen LogP contribution in [0.15, 0.2) is 35.8 Å². The van der Waals surface area contributed by atoms with Crippen LogP contribution in [0.1, 0.15) is 24.8 Å². The normalized spacial score (nSPS) is 13.5. The van der Waals surface area contributed by atoms with Crippen molar-refractivity contribution < 1.29 is 4.79 Å². The van der Waals surface area contributed by atoms with E-state index in [1.54, 1.807) is 11.3 Å². The van der Waals surface area contributed by atoms with E-state index in [1.807, 2.05) is 54.7 Å². The first-order chi connectivity index (χ1) is 12.5. The molecular formula is C17H21N7OS. The van der Waals surface area contributed by atoms with E-state index >= 15 is 0 Å². The van der Waals surface area contributed by atoms with Gasteiger partial charge in [-0.15, -0.1) is 21.5 Å². The molecule has 136 valence electrons. The molecule has 3 aromatic rings. The maximum Gasteiger partial charge on any atom is 0.241 e. The number of tetrazole rings is 1. The summed E-state index contributed by atoms with van der Waals surface area (Å²) in [4.78, 5) is 19.0. The molecule has 0 aliphatic carbocycles. The first-order valence-corrected chi connectivity index (χ1v) is 9.17. The number of hydrogen-bond acceptors (Lipinski definition) is 7. The second-order valence-electron chi connectivity index (χ2n) is 6.19. The van der Waals surface area contributed by atoms with Gasteiger partial charge in [0.1, 0.15) is 0 Å². The summed E-state index contributed by atoms with van der Waals surface area (Å²) in [6, 6.07) is 7.11. The number of rotatable bonds is 7. The van der Waals surface area contributed by atoms with Gasteiger partial charge in [-0.1, -0.05) is 19.1 Å². The fraction of sp³-hybridized carbons (Fsp3) is 0.353. The fourth-order valence-electron chi connectivity index (χ4n) is 2.61. The first-order valence-electron chi connectivity index (χ1n) is 8.29. The van der Waals surface area contributed by atoms with Crippen LogP contribution in [0.3, 0.4) is 0 Å². The van der Waals surface area contributed by atoms with Crippen molar-refractivity contribution in [1.29, 1.82) is 0 Å². The van der Waals surface area contributed by atoms with Gasteiger partial charge in [-0.05, 0) is 31.3 Å². The third-order valence-electron chi connectivity index (χ3n) is 4.21. The molecule has 2 N–H and O–H groups in total. The number of H-pyrrole nitrogens is 1. The molecule has 1 amide bonds. The summed E-state index contributed by atoms with van der Waals surface area (Å²) in [7, 11) is 1.95. The van der Waals surface area contributed by atoms with Gasteiger partial charge in [-0.25, -0.2) is 4.98 Å². The molecule has 0 aliphatic rings. The Morgan fingerprint density at radius 2 is 2.23 bits per heavy atom. The van der Waals surface area contributed by atoms with Gasteiger partial charge >= 0.3 is 0 Å². The summed E-state index contributed by atoms with van der Waals surface area (Å²) >= 11 is 1.64. The largest absolute Gasteiger partial charge is 0.325 e. The Morgan fingerprint density at radius 1 is 1.38 bits per heavy atom. The number of likely N-dealkylation sites (N-methyl/N-ethyl adjacent to an activating group) is 1. The number of anilines is 1. The summed E-state index contributed by atoms with van der Waals surface area (Å²) in [6.07, 6.45) is 1.81. The van der Waals surface area contributed by atoms with Crippen LogP contribution in [-0.4, -0.2) is 56.0 Å². The molecule has 0 spiro atoms. The van der Waals surface area contributed by atoms with Crippen molar-refractivity contribution in [2.75, 3.05) is 18.9 Å². The second-order valence-corrected chi connectivity index (χ2v) is 7.12.